The molecule has 2 amide bonds. The van der Waals surface area contributed by atoms with Crippen molar-refractivity contribution in [3.63, 3.8) is 0 Å². The van der Waals surface area contributed by atoms with Crippen LogP contribution < -0.4 is 10.6 Å². The molecule has 3 heterocycles. The molecule has 11 heteroatoms. The molecule has 2 atom stereocenters. The van der Waals surface area contributed by atoms with Crippen molar-refractivity contribution < 1.29 is 23.6 Å². The molecule has 1 unspecified atom stereocenters. The van der Waals surface area contributed by atoms with Gasteiger partial charge in [-0.15, -0.1) is 0 Å². The van der Waals surface area contributed by atoms with Crippen LogP contribution in [0, 0.1) is 0 Å². The van der Waals surface area contributed by atoms with Crippen molar-refractivity contribution in [3.8, 4) is 5.88 Å². The highest BCUT2D eigenvalue weighted by Crippen LogP contribution is 2.46. The van der Waals surface area contributed by atoms with Crippen LogP contribution in [0.2, 0.25) is 18.1 Å². The van der Waals surface area contributed by atoms with Crippen LogP contribution in [0.4, 0.5) is 0 Å². The lowest BCUT2D eigenvalue weighted by Crippen LogP contribution is -2.42. The molecular formula is C28H38N4O5SSi. The first-order chi connectivity index (χ1) is 18.4. The van der Waals surface area contributed by atoms with E-state index in [2.05, 4.69) is 38.8 Å². The van der Waals surface area contributed by atoms with Crippen LogP contribution >= 0.6 is 11.8 Å². The third kappa shape index (κ3) is 6.77. The van der Waals surface area contributed by atoms with E-state index in [1.807, 2.05) is 19.1 Å². The number of nitrogens with zero attached hydrogens (tertiary/aromatic N) is 3. The molecule has 1 fully saturated rings. The summed E-state index contributed by atoms with van der Waals surface area (Å²) in [6.45, 7) is 15.0. The van der Waals surface area contributed by atoms with Crippen molar-refractivity contribution in [1.82, 2.24) is 14.9 Å². The van der Waals surface area contributed by atoms with E-state index in [0.29, 0.717) is 34.3 Å². The molecule has 0 saturated carbocycles. The number of nitrogens with two attached hydrogens (primary N) is 1. The van der Waals surface area contributed by atoms with E-state index in [1.165, 1.54) is 18.0 Å². The van der Waals surface area contributed by atoms with E-state index in [0.717, 1.165) is 19.5 Å². The Morgan fingerprint density at radius 1 is 1.18 bits per heavy atom. The molecule has 2 N–H and O–H groups in total. The molecule has 210 valence electrons. The lowest BCUT2D eigenvalue weighted by Gasteiger charge is -2.36. The number of rotatable bonds is 10. The third-order valence-electron chi connectivity index (χ3n) is 7.31. The van der Waals surface area contributed by atoms with Gasteiger partial charge in [-0.2, -0.15) is 5.06 Å². The number of aromatic nitrogens is 1. The summed E-state index contributed by atoms with van der Waals surface area (Å²) in [5, 5.41) is 1.88. The van der Waals surface area contributed by atoms with Gasteiger partial charge >= 0.3 is 0 Å². The topological polar surface area (TPSA) is 107 Å². The van der Waals surface area contributed by atoms with E-state index in [1.54, 1.807) is 40.4 Å². The Balaban J connectivity index is 1.51. The molecule has 9 nitrogen and oxygen atoms in total. The fourth-order valence-corrected chi connectivity index (χ4v) is 6.01. The second-order valence-corrected chi connectivity index (χ2v) is 17.2. The van der Waals surface area contributed by atoms with Crippen LogP contribution in [-0.2, 0) is 9.16 Å². The molecule has 1 aromatic carbocycles. The predicted octanol–water partition coefficient (Wildman–Crippen LogP) is 5.29. The number of benzene rings is 1. The van der Waals surface area contributed by atoms with Crippen LogP contribution in [-0.4, -0.2) is 60.9 Å². The summed E-state index contributed by atoms with van der Waals surface area (Å²) in [7, 11) is -1.92. The number of pyridine rings is 1. The second kappa shape index (κ2) is 11.6. The largest absolute Gasteiger partial charge is 0.480 e. The maximum absolute atomic E-state index is 12.5. The van der Waals surface area contributed by atoms with Crippen molar-refractivity contribution in [2.75, 3.05) is 19.7 Å². The standard InChI is InChI=1S/C28H38N4O5SSi/c1-19(18-35-39(5,6)28(2,3)4)36-24-17-32(27(38-24)22-11-8-7-10-21(22)25(29)33)37-23-13-12-20(16-30-23)26(34)31-14-9-15-31/h7-8,10-13,16-17,19,27H,9,14-15,18H2,1-6H3,(H2,29,33)/t19-,27?/m0/s1. The minimum absolute atomic E-state index is 0.0326. The van der Waals surface area contributed by atoms with Crippen LogP contribution in [0.5, 0.6) is 5.88 Å². The van der Waals surface area contributed by atoms with Gasteiger partial charge in [0.15, 0.2) is 13.4 Å². The number of carbonyl (C=O) groups excluding carboxylic acids is 2. The summed E-state index contributed by atoms with van der Waals surface area (Å²) in [5.41, 5.74) is 7.29. The molecule has 0 radical (unpaired) electrons. The van der Waals surface area contributed by atoms with Crippen molar-refractivity contribution in [1.29, 1.82) is 0 Å². The number of carbonyl (C=O) groups is 2. The molecule has 2 aromatic rings. The number of hydrogen-bond acceptors (Lipinski definition) is 8. The number of likely N-dealkylation sites (tertiary alicyclic amines) is 1. The zero-order valence-corrected chi connectivity index (χ0v) is 25.3. The van der Waals surface area contributed by atoms with Crippen molar-refractivity contribution >= 4 is 31.9 Å². The second-order valence-electron chi connectivity index (χ2n) is 11.4. The fraction of sp³-hybridized carbons (Fsp3) is 0.464. The summed E-state index contributed by atoms with van der Waals surface area (Å²) in [4.78, 5) is 37.0. The Morgan fingerprint density at radius 2 is 1.90 bits per heavy atom. The van der Waals surface area contributed by atoms with Crippen molar-refractivity contribution in [3.05, 3.63) is 70.6 Å². The lowest BCUT2D eigenvalue weighted by molar-refractivity contribution is -0.0239. The highest BCUT2D eigenvalue weighted by Gasteiger charge is 2.38. The van der Waals surface area contributed by atoms with Crippen molar-refractivity contribution in [2.45, 2.75) is 63.7 Å². The van der Waals surface area contributed by atoms with Gasteiger partial charge in [0.05, 0.1) is 18.4 Å². The first-order valence-electron chi connectivity index (χ1n) is 13.1. The minimum Gasteiger partial charge on any atom is -0.480 e. The number of ether oxygens (including phenoxy) is 1. The maximum atomic E-state index is 12.5. The van der Waals surface area contributed by atoms with Gasteiger partial charge in [-0.1, -0.05) is 50.7 Å². The van der Waals surface area contributed by atoms with E-state index in [4.69, 9.17) is 19.7 Å². The van der Waals surface area contributed by atoms with Gasteiger partial charge in [-0.05, 0) is 43.6 Å². The molecule has 4 rings (SSSR count). The average Bonchev–Trinajstić information content (AvgIpc) is 3.23. The smallest absolute Gasteiger partial charge is 0.255 e. The Hall–Kier alpha value is -3.02. The summed E-state index contributed by atoms with van der Waals surface area (Å²) >= 11 is 1.41. The Kier molecular flexibility index (Phi) is 8.62. The average molecular weight is 571 g/mol. The number of thioether (sulfide) groups is 1. The summed E-state index contributed by atoms with van der Waals surface area (Å²) in [5.74, 6) is -0.248. The van der Waals surface area contributed by atoms with Gasteiger partial charge in [0, 0.05) is 36.5 Å². The van der Waals surface area contributed by atoms with Gasteiger partial charge in [-0.3, -0.25) is 9.59 Å². The first-order valence-corrected chi connectivity index (χ1v) is 16.9. The molecule has 0 spiro atoms. The highest BCUT2D eigenvalue weighted by atomic mass is 32.2. The lowest BCUT2D eigenvalue weighted by atomic mass is 10.1. The van der Waals surface area contributed by atoms with Crippen molar-refractivity contribution in [2.24, 2.45) is 5.73 Å². The monoisotopic (exact) mass is 570 g/mol. The summed E-state index contributed by atoms with van der Waals surface area (Å²) in [6, 6.07) is 10.5. The summed E-state index contributed by atoms with van der Waals surface area (Å²) < 4.78 is 12.6. The third-order valence-corrected chi connectivity index (χ3v) is 12.9. The molecule has 1 saturated heterocycles. The maximum Gasteiger partial charge on any atom is 0.255 e. The van der Waals surface area contributed by atoms with E-state index in [-0.39, 0.29) is 17.0 Å². The summed E-state index contributed by atoms with van der Waals surface area (Å²) in [6.07, 6.45) is 4.10. The van der Waals surface area contributed by atoms with E-state index >= 15 is 0 Å². The Morgan fingerprint density at radius 3 is 2.49 bits per heavy atom. The number of amides is 2. The van der Waals surface area contributed by atoms with Gasteiger partial charge < -0.3 is 24.6 Å². The number of hydrogen-bond donors (Lipinski definition) is 1. The molecule has 0 aliphatic carbocycles. The Labute approximate surface area is 235 Å². The normalized spacial score (nSPS) is 18.3. The van der Waals surface area contributed by atoms with E-state index in [9.17, 15) is 9.59 Å². The molecule has 0 bridgehead atoms. The quantitative estimate of drug-likeness (QED) is 0.384. The first kappa shape index (κ1) is 29.0. The minimum atomic E-state index is -1.92. The predicted molar refractivity (Wildman–Crippen MR) is 154 cm³/mol. The number of primary amides is 1. The zero-order valence-electron chi connectivity index (χ0n) is 23.5. The molecule has 2 aliphatic heterocycles. The van der Waals surface area contributed by atoms with E-state index < -0.39 is 19.6 Å². The molecule has 1 aromatic heterocycles. The molecule has 39 heavy (non-hydrogen) atoms. The van der Waals surface area contributed by atoms with Crippen LogP contribution in [0.1, 0.15) is 65.8 Å². The van der Waals surface area contributed by atoms with Gasteiger partial charge in [0.1, 0.15) is 11.5 Å². The zero-order chi connectivity index (χ0) is 28.4. The van der Waals surface area contributed by atoms with Crippen LogP contribution in [0.3, 0.4) is 0 Å². The molecule has 2 aliphatic rings. The fourth-order valence-electron chi connectivity index (χ4n) is 3.78. The SMILES string of the molecule is C[C@@H](CO[Si](C)(C)C(C)(C)C)OC1=CN(Oc2ccc(C(=O)N3CCC3)cn2)C(c2ccccc2C(N)=O)S1. The molecular weight excluding hydrogens is 532 g/mol. The van der Waals surface area contributed by atoms with Crippen LogP contribution in [0.25, 0.3) is 0 Å². The van der Waals surface area contributed by atoms with Gasteiger partial charge in [0.25, 0.3) is 5.91 Å². The van der Waals surface area contributed by atoms with Crippen LogP contribution in [0.15, 0.2) is 53.9 Å². The Bertz CT molecular complexity index is 1230. The van der Waals surface area contributed by atoms with Gasteiger partial charge in [-0.25, -0.2) is 4.98 Å². The number of hydroxylamine groups is 2. The van der Waals surface area contributed by atoms with Gasteiger partial charge in [0.2, 0.25) is 11.8 Å². The highest BCUT2D eigenvalue weighted by molar-refractivity contribution is 8.03.